The Hall–Kier alpha value is -2.46. The van der Waals surface area contributed by atoms with Crippen LogP contribution in [-0.2, 0) is 11.3 Å². The highest BCUT2D eigenvalue weighted by Gasteiger charge is 2.05. The molecule has 0 saturated heterocycles. The van der Waals surface area contributed by atoms with E-state index < -0.39 is 4.92 Å². The summed E-state index contributed by atoms with van der Waals surface area (Å²) in [4.78, 5) is 10.2. The highest BCUT2D eigenvalue weighted by atomic mass is 16.6. The average Bonchev–Trinajstić information content (AvgIpc) is 2.48. The Kier molecular flexibility index (Phi) is 4.63. The Labute approximate surface area is 117 Å². The van der Waals surface area contributed by atoms with Crippen molar-refractivity contribution in [2.45, 2.75) is 6.61 Å². The van der Waals surface area contributed by atoms with E-state index in [4.69, 9.17) is 4.74 Å². The molecule has 0 N–H and O–H groups in total. The van der Waals surface area contributed by atoms with Gasteiger partial charge in [0.05, 0.1) is 18.1 Å². The minimum Gasteiger partial charge on any atom is -0.372 e. The zero-order valence-electron chi connectivity index (χ0n) is 11.0. The molecule has 4 heteroatoms. The van der Waals surface area contributed by atoms with Crippen molar-refractivity contribution in [1.82, 2.24) is 0 Å². The van der Waals surface area contributed by atoms with Crippen LogP contribution in [0, 0.1) is 10.1 Å². The second-order valence-corrected chi connectivity index (χ2v) is 4.39. The van der Waals surface area contributed by atoms with Crippen LogP contribution in [-0.4, -0.2) is 11.5 Å². The average molecular weight is 269 g/mol. The molecule has 20 heavy (non-hydrogen) atoms. The van der Waals surface area contributed by atoms with Crippen LogP contribution in [0.1, 0.15) is 11.1 Å². The van der Waals surface area contributed by atoms with Crippen LogP contribution in [0.2, 0.25) is 0 Å². The van der Waals surface area contributed by atoms with Gasteiger partial charge in [0.2, 0.25) is 0 Å². The van der Waals surface area contributed by atoms with Crippen molar-refractivity contribution in [1.29, 1.82) is 0 Å². The first-order valence-electron chi connectivity index (χ1n) is 6.21. The molecule has 4 nitrogen and oxygen atoms in total. The van der Waals surface area contributed by atoms with Gasteiger partial charge in [0.25, 0.3) is 5.69 Å². The molecule has 0 atom stereocenters. The topological polar surface area (TPSA) is 52.4 Å². The summed E-state index contributed by atoms with van der Waals surface area (Å²) >= 11 is 0. The molecule has 0 bridgehead atoms. The molecule has 0 spiro atoms. The zero-order chi connectivity index (χ0) is 14.4. The summed E-state index contributed by atoms with van der Waals surface area (Å²) in [5.74, 6) is 0. The number of nitro benzene ring substituents is 1. The molecule has 0 aromatic heterocycles. The maximum absolute atomic E-state index is 10.6. The van der Waals surface area contributed by atoms with Gasteiger partial charge in [-0.25, -0.2) is 0 Å². The molecule has 0 unspecified atom stereocenters. The Morgan fingerprint density at radius 1 is 1.10 bits per heavy atom. The zero-order valence-corrected chi connectivity index (χ0v) is 11.0. The number of benzene rings is 2. The summed E-state index contributed by atoms with van der Waals surface area (Å²) in [5, 5.41) is 10.6. The molecule has 0 aliphatic heterocycles. The maximum Gasteiger partial charge on any atom is 0.269 e. The van der Waals surface area contributed by atoms with E-state index in [1.165, 1.54) is 12.1 Å². The van der Waals surface area contributed by atoms with E-state index in [2.05, 4.69) is 6.58 Å². The summed E-state index contributed by atoms with van der Waals surface area (Å²) in [5.41, 5.74) is 2.83. The molecule has 0 amide bonds. The summed E-state index contributed by atoms with van der Waals surface area (Å²) in [7, 11) is 0. The standard InChI is InChI=1S/C16H15NO3/c1-13(11-20-12-14-5-3-2-4-6-14)15-7-9-16(10-8-15)17(18)19/h2-10H,1,11-12H2. The SMILES string of the molecule is C=C(COCc1ccccc1)c1ccc([N+](=O)[O-])cc1. The molecule has 0 aliphatic rings. The van der Waals surface area contributed by atoms with Gasteiger partial charge in [0.15, 0.2) is 0 Å². The molecule has 2 aromatic rings. The fourth-order valence-electron chi connectivity index (χ4n) is 1.77. The van der Waals surface area contributed by atoms with E-state index >= 15 is 0 Å². The summed E-state index contributed by atoms with van der Waals surface area (Å²) in [6.45, 7) is 4.85. The van der Waals surface area contributed by atoms with Crippen LogP contribution in [0.15, 0.2) is 61.2 Å². The van der Waals surface area contributed by atoms with Crippen LogP contribution in [0.4, 0.5) is 5.69 Å². The monoisotopic (exact) mass is 269 g/mol. The minimum atomic E-state index is -0.418. The lowest BCUT2D eigenvalue weighted by molar-refractivity contribution is -0.384. The quantitative estimate of drug-likeness (QED) is 0.591. The molecule has 0 aliphatic carbocycles. The van der Waals surface area contributed by atoms with Gasteiger partial charge >= 0.3 is 0 Å². The predicted octanol–water partition coefficient (Wildman–Crippen LogP) is 3.82. The van der Waals surface area contributed by atoms with Crippen LogP contribution >= 0.6 is 0 Å². The largest absolute Gasteiger partial charge is 0.372 e. The van der Waals surface area contributed by atoms with Crippen LogP contribution in [0.25, 0.3) is 5.57 Å². The summed E-state index contributed by atoms with van der Waals surface area (Å²) in [6.07, 6.45) is 0. The van der Waals surface area contributed by atoms with Crippen molar-refractivity contribution in [2.24, 2.45) is 0 Å². The van der Waals surface area contributed by atoms with E-state index in [9.17, 15) is 10.1 Å². The highest BCUT2D eigenvalue weighted by Crippen LogP contribution is 2.18. The molecule has 0 saturated carbocycles. The fraction of sp³-hybridized carbons (Fsp3) is 0.125. The number of hydrogen-bond acceptors (Lipinski definition) is 3. The van der Waals surface area contributed by atoms with E-state index in [0.717, 1.165) is 16.7 Å². The third kappa shape index (κ3) is 3.76. The minimum absolute atomic E-state index is 0.0757. The van der Waals surface area contributed by atoms with Gasteiger partial charge in [-0.3, -0.25) is 10.1 Å². The maximum atomic E-state index is 10.6. The van der Waals surface area contributed by atoms with Crippen molar-refractivity contribution < 1.29 is 9.66 Å². The van der Waals surface area contributed by atoms with E-state index in [-0.39, 0.29) is 5.69 Å². The molecule has 2 rings (SSSR count). The molecule has 0 fully saturated rings. The Morgan fingerprint density at radius 2 is 1.75 bits per heavy atom. The first kappa shape index (κ1) is 14.0. The van der Waals surface area contributed by atoms with E-state index in [1.54, 1.807) is 12.1 Å². The van der Waals surface area contributed by atoms with Gasteiger partial charge < -0.3 is 4.74 Å². The fourth-order valence-corrected chi connectivity index (χ4v) is 1.77. The van der Waals surface area contributed by atoms with Crippen molar-refractivity contribution in [3.05, 3.63) is 82.4 Å². The molecular formula is C16H15NO3. The number of nitrogens with zero attached hydrogens (tertiary/aromatic N) is 1. The van der Waals surface area contributed by atoms with Gasteiger partial charge in [-0.05, 0) is 28.8 Å². The Balaban J connectivity index is 1.87. The van der Waals surface area contributed by atoms with Gasteiger partial charge in [0, 0.05) is 12.1 Å². The highest BCUT2D eigenvalue weighted by molar-refractivity contribution is 5.65. The van der Waals surface area contributed by atoms with E-state index in [1.807, 2.05) is 30.3 Å². The van der Waals surface area contributed by atoms with Gasteiger partial charge in [-0.2, -0.15) is 0 Å². The lowest BCUT2D eigenvalue weighted by atomic mass is 10.1. The third-order valence-electron chi connectivity index (χ3n) is 2.87. The van der Waals surface area contributed by atoms with Crippen LogP contribution in [0.5, 0.6) is 0 Å². The van der Waals surface area contributed by atoms with Crippen LogP contribution < -0.4 is 0 Å². The second kappa shape index (κ2) is 6.63. The molecule has 102 valence electrons. The predicted molar refractivity (Wildman–Crippen MR) is 78.2 cm³/mol. The van der Waals surface area contributed by atoms with Crippen LogP contribution in [0.3, 0.4) is 0 Å². The van der Waals surface area contributed by atoms with Crippen molar-refractivity contribution in [3.63, 3.8) is 0 Å². The van der Waals surface area contributed by atoms with Crippen molar-refractivity contribution >= 4 is 11.3 Å². The lowest BCUT2D eigenvalue weighted by Gasteiger charge is -2.07. The van der Waals surface area contributed by atoms with Gasteiger partial charge in [-0.1, -0.05) is 36.9 Å². The number of hydrogen-bond donors (Lipinski definition) is 0. The number of non-ortho nitro benzene ring substituents is 1. The van der Waals surface area contributed by atoms with Gasteiger partial charge in [-0.15, -0.1) is 0 Å². The molecule has 0 heterocycles. The molecular weight excluding hydrogens is 254 g/mol. The first-order chi connectivity index (χ1) is 9.66. The lowest BCUT2D eigenvalue weighted by Crippen LogP contribution is -1.98. The second-order valence-electron chi connectivity index (χ2n) is 4.39. The van der Waals surface area contributed by atoms with Crippen molar-refractivity contribution in [2.75, 3.05) is 6.61 Å². The molecule has 2 aromatic carbocycles. The summed E-state index contributed by atoms with van der Waals surface area (Å²) in [6, 6.07) is 16.2. The first-order valence-corrected chi connectivity index (χ1v) is 6.21. The smallest absolute Gasteiger partial charge is 0.269 e. The van der Waals surface area contributed by atoms with Gasteiger partial charge in [0.1, 0.15) is 0 Å². The third-order valence-corrected chi connectivity index (χ3v) is 2.87. The number of rotatable bonds is 6. The van der Waals surface area contributed by atoms with E-state index in [0.29, 0.717) is 13.2 Å². The number of ether oxygens (including phenoxy) is 1. The Bertz CT molecular complexity index is 591. The number of nitro groups is 1. The normalized spacial score (nSPS) is 10.2. The molecule has 0 radical (unpaired) electrons. The van der Waals surface area contributed by atoms with Crippen molar-refractivity contribution in [3.8, 4) is 0 Å². The Morgan fingerprint density at radius 3 is 2.35 bits per heavy atom. The summed E-state index contributed by atoms with van der Waals surface area (Å²) < 4.78 is 5.58.